The second-order valence-electron chi connectivity index (χ2n) is 7.87. The lowest BCUT2D eigenvalue weighted by atomic mass is 10.1. The minimum absolute atomic E-state index is 0.113. The van der Waals surface area contributed by atoms with Crippen LogP contribution in [-0.4, -0.2) is 36.3 Å². The molecule has 0 heterocycles. The van der Waals surface area contributed by atoms with Gasteiger partial charge in [-0.1, -0.05) is 42.5 Å². The molecule has 3 N–H and O–H groups in total. The van der Waals surface area contributed by atoms with Gasteiger partial charge in [0.1, 0.15) is 5.75 Å². The van der Waals surface area contributed by atoms with E-state index in [-0.39, 0.29) is 23.8 Å². The molecule has 0 spiro atoms. The van der Waals surface area contributed by atoms with E-state index in [1.807, 2.05) is 49.4 Å². The van der Waals surface area contributed by atoms with Gasteiger partial charge in [0.25, 0.3) is 11.8 Å². The number of rotatable bonds is 9. The lowest BCUT2D eigenvalue weighted by Gasteiger charge is -2.14. The number of fused-ring (bicyclic) bond motifs is 1. The number of carbonyl (C=O) groups is 2. The Kier molecular flexibility index (Phi) is 8.37. The number of phenolic OH excluding ortho intramolecular Hbond substituents is 1. The van der Waals surface area contributed by atoms with Crippen molar-refractivity contribution in [3.05, 3.63) is 94.5 Å². The van der Waals surface area contributed by atoms with Crippen molar-refractivity contribution in [2.45, 2.75) is 6.92 Å². The van der Waals surface area contributed by atoms with E-state index in [1.54, 1.807) is 30.3 Å². The van der Waals surface area contributed by atoms with Gasteiger partial charge in [-0.3, -0.25) is 9.59 Å². The maximum atomic E-state index is 12.6. The van der Waals surface area contributed by atoms with E-state index in [0.717, 1.165) is 10.8 Å². The number of anilines is 1. The van der Waals surface area contributed by atoms with E-state index in [9.17, 15) is 14.7 Å². The number of para-hydroxylation sites is 1. The van der Waals surface area contributed by atoms with Crippen molar-refractivity contribution < 1.29 is 24.2 Å². The Morgan fingerprint density at radius 2 is 1.62 bits per heavy atom. The summed E-state index contributed by atoms with van der Waals surface area (Å²) in [5, 5.41) is 18.7. The van der Waals surface area contributed by atoms with Crippen molar-refractivity contribution in [3.63, 3.8) is 0 Å². The van der Waals surface area contributed by atoms with Crippen LogP contribution in [0.2, 0.25) is 0 Å². The van der Waals surface area contributed by atoms with Crippen LogP contribution >= 0.6 is 15.9 Å². The quantitative estimate of drug-likeness (QED) is 0.185. The number of nitrogens with zero attached hydrogens (tertiary/aromatic N) is 1. The number of nitrogens with one attached hydrogen (secondary N) is 2. The number of phenols is 1. The Morgan fingerprint density at radius 3 is 2.35 bits per heavy atom. The van der Waals surface area contributed by atoms with Crippen molar-refractivity contribution in [2.75, 3.05) is 18.5 Å². The fourth-order valence-corrected chi connectivity index (χ4v) is 3.95. The molecule has 8 nitrogen and oxygen atoms in total. The molecule has 0 aliphatic rings. The Labute approximate surface area is 222 Å². The molecule has 0 aliphatic carbocycles. The number of aromatic hydroxyl groups is 1. The highest BCUT2D eigenvalue weighted by atomic mass is 79.9. The van der Waals surface area contributed by atoms with Gasteiger partial charge in [0, 0.05) is 15.7 Å². The molecule has 0 fully saturated rings. The van der Waals surface area contributed by atoms with Crippen LogP contribution in [-0.2, 0) is 4.79 Å². The molecule has 0 saturated carbocycles. The first-order valence-electron chi connectivity index (χ1n) is 11.4. The van der Waals surface area contributed by atoms with Gasteiger partial charge in [0.2, 0.25) is 0 Å². The maximum absolute atomic E-state index is 12.6. The van der Waals surface area contributed by atoms with Crippen LogP contribution in [0, 0.1) is 0 Å². The largest absolute Gasteiger partial charge is 0.507 e. The molecule has 188 valence electrons. The van der Waals surface area contributed by atoms with Crippen LogP contribution in [0.3, 0.4) is 0 Å². The Bertz CT molecular complexity index is 1460. The molecule has 0 radical (unpaired) electrons. The van der Waals surface area contributed by atoms with E-state index in [4.69, 9.17) is 9.47 Å². The van der Waals surface area contributed by atoms with Gasteiger partial charge in [-0.2, -0.15) is 5.10 Å². The minimum Gasteiger partial charge on any atom is -0.507 e. The molecular formula is C28H24BrN3O5. The third-order valence-corrected chi connectivity index (χ3v) is 5.94. The van der Waals surface area contributed by atoms with Gasteiger partial charge in [-0.05, 0) is 70.0 Å². The van der Waals surface area contributed by atoms with Crippen LogP contribution in [0.4, 0.5) is 5.69 Å². The summed E-state index contributed by atoms with van der Waals surface area (Å²) in [5.41, 5.74) is 3.83. The normalized spacial score (nSPS) is 10.9. The fourth-order valence-electron chi connectivity index (χ4n) is 3.52. The minimum atomic E-state index is -0.551. The molecule has 0 saturated heterocycles. The smallest absolute Gasteiger partial charge is 0.275 e. The number of ether oxygens (including phenoxy) is 2. The summed E-state index contributed by atoms with van der Waals surface area (Å²) >= 11 is 3.46. The average molecular weight is 562 g/mol. The molecule has 37 heavy (non-hydrogen) atoms. The molecule has 0 aromatic heterocycles. The predicted molar refractivity (Wildman–Crippen MR) is 147 cm³/mol. The summed E-state index contributed by atoms with van der Waals surface area (Å²) in [6.45, 7) is 2.00. The standard InChI is InChI=1S/C28H24BrN3O5/c1-2-36-25-14-20(23(29)15-26(25)37-17-27(34)31-21-10-4-3-5-11-21)16-30-32-28(35)22-12-18-8-6-7-9-19(18)13-24(22)33/h3-16,33H,2,17H2,1H3,(H,31,34)(H,32,35). The summed E-state index contributed by atoms with van der Waals surface area (Å²) in [5.74, 6) is -0.207. The number of hydrogen-bond donors (Lipinski definition) is 3. The first kappa shape index (κ1) is 25.7. The molecular weight excluding hydrogens is 538 g/mol. The second-order valence-corrected chi connectivity index (χ2v) is 8.73. The summed E-state index contributed by atoms with van der Waals surface area (Å²) in [6.07, 6.45) is 1.44. The Balaban J connectivity index is 1.44. The summed E-state index contributed by atoms with van der Waals surface area (Å²) in [4.78, 5) is 24.9. The van der Waals surface area contributed by atoms with E-state index >= 15 is 0 Å². The van der Waals surface area contributed by atoms with Gasteiger partial charge in [-0.15, -0.1) is 0 Å². The SMILES string of the molecule is CCOc1cc(C=NNC(=O)c2cc3ccccc3cc2O)c(Br)cc1OCC(=O)Nc1ccccc1. The zero-order valence-corrected chi connectivity index (χ0v) is 21.5. The van der Waals surface area contributed by atoms with Crippen molar-refractivity contribution in [1.29, 1.82) is 0 Å². The molecule has 0 unspecified atom stereocenters. The van der Waals surface area contributed by atoms with Crippen LogP contribution in [0.5, 0.6) is 17.2 Å². The van der Waals surface area contributed by atoms with Gasteiger partial charge in [0.15, 0.2) is 18.1 Å². The van der Waals surface area contributed by atoms with E-state index in [2.05, 4.69) is 31.8 Å². The second kappa shape index (κ2) is 12.0. The zero-order chi connectivity index (χ0) is 26.2. The van der Waals surface area contributed by atoms with E-state index < -0.39 is 5.91 Å². The number of benzene rings is 4. The Morgan fingerprint density at radius 1 is 0.946 bits per heavy atom. The molecule has 0 aliphatic heterocycles. The van der Waals surface area contributed by atoms with E-state index in [0.29, 0.717) is 33.8 Å². The van der Waals surface area contributed by atoms with Crippen LogP contribution < -0.4 is 20.2 Å². The number of halogens is 1. The number of hydrazone groups is 1. The molecule has 9 heteroatoms. The third-order valence-electron chi connectivity index (χ3n) is 5.26. The molecule has 4 aromatic rings. The fraction of sp³-hybridized carbons (Fsp3) is 0.107. The zero-order valence-electron chi connectivity index (χ0n) is 19.9. The summed E-state index contributed by atoms with van der Waals surface area (Å²) in [7, 11) is 0. The number of hydrogen-bond acceptors (Lipinski definition) is 6. The molecule has 4 rings (SSSR count). The summed E-state index contributed by atoms with van der Waals surface area (Å²) in [6, 6.07) is 23.0. The topological polar surface area (TPSA) is 109 Å². The van der Waals surface area contributed by atoms with Crippen LogP contribution in [0.1, 0.15) is 22.8 Å². The average Bonchev–Trinajstić information content (AvgIpc) is 2.89. The van der Waals surface area contributed by atoms with Crippen LogP contribution in [0.15, 0.2) is 88.4 Å². The molecule has 4 aromatic carbocycles. The monoisotopic (exact) mass is 561 g/mol. The van der Waals surface area contributed by atoms with Crippen LogP contribution in [0.25, 0.3) is 10.8 Å². The van der Waals surface area contributed by atoms with Gasteiger partial charge in [-0.25, -0.2) is 5.43 Å². The van der Waals surface area contributed by atoms with Crippen molar-refractivity contribution in [2.24, 2.45) is 5.10 Å². The van der Waals surface area contributed by atoms with Gasteiger partial charge >= 0.3 is 0 Å². The van der Waals surface area contributed by atoms with Crippen molar-refractivity contribution in [1.82, 2.24) is 5.43 Å². The predicted octanol–water partition coefficient (Wildman–Crippen LogP) is 5.49. The lowest BCUT2D eigenvalue weighted by molar-refractivity contribution is -0.118. The number of carbonyl (C=O) groups excluding carboxylic acids is 2. The van der Waals surface area contributed by atoms with Crippen molar-refractivity contribution in [3.8, 4) is 17.2 Å². The molecule has 2 amide bonds. The first-order chi connectivity index (χ1) is 17.9. The molecule has 0 bridgehead atoms. The van der Waals surface area contributed by atoms with E-state index in [1.165, 1.54) is 12.3 Å². The van der Waals surface area contributed by atoms with Gasteiger partial charge in [0.05, 0.1) is 18.4 Å². The molecule has 0 atom stereocenters. The highest BCUT2D eigenvalue weighted by molar-refractivity contribution is 9.10. The first-order valence-corrected chi connectivity index (χ1v) is 12.2. The highest BCUT2D eigenvalue weighted by Gasteiger charge is 2.14. The van der Waals surface area contributed by atoms with Crippen molar-refractivity contribution >= 4 is 50.4 Å². The van der Waals surface area contributed by atoms with Gasteiger partial charge < -0.3 is 19.9 Å². The Hall–Kier alpha value is -4.37. The maximum Gasteiger partial charge on any atom is 0.275 e. The lowest BCUT2D eigenvalue weighted by Crippen LogP contribution is -2.20. The third kappa shape index (κ3) is 6.65. The highest BCUT2D eigenvalue weighted by Crippen LogP contribution is 2.33. The summed E-state index contributed by atoms with van der Waals surface area (Å²) < 4.78 is 12.0. The number of amides is 2.